The number of rotatable bonds is 5. The molecule has 2 aromatic heterocycles. The van der Waals surface area contributed by atoms with Crippen LogP contribution in [-0.2, 0) is 11.3 Å². The lowest BCUT2D eigenvalue weighted by Crippen LogP contribution is -2.43. The first-order chi connectivity index (χ1) is 13.3. The van der Waals surface area contributed by atoms with Gasteiger partial charge in [-0.1, -0.05) is 36.4 Å². The molecule has 4 rings (SSSR count). The van der Waals surface area contributed by atoms with Crippen LogP contribution in [0.1, 0.15) is 17.7 Å². The summed E-state index contributed by atoms with van der Waals surface area (Å²) in [6.45, 7) is 2.21. The minimum Gasteiger partial charge on any atom is -0.354 e. The second kappa shape index (κ2) is 8.31. The quantitative estimate of drug-likeness (QED) is 0.735. The summed E-state index contributed by atoms with van der Waals surface area (Å²) in [5.74, 6) is 0.960. The van der Waals surface area contributed by atoms with Gasteiger partial charge in [0.25, 0.3) is 0 Å². The zero-order chi connectivity index (χ0) is 18.5. The van der Waals surface area contributed by atoms with Crippen molar-refractivity contribution < 1.29 is 4.79 Å². The number of carbonyl (C=O) groups excluding carboxylic acids is 1. The number of benzene rings is 1. The smallest absolute Gasteiger partial charge is 0.225 e. The van der Waals surface area contributed by atoms with Gasteiger partial charge in [-0.25, -0.2) is 0 Å². The minimum absolute atomic E-state index is 0.00527. The van der Waals surface area contributed by atoms with E-state index in [4.69, 9.17) is 0 Å². The molecule has 0 radical (unpaired) electrons. The summed E-state index contributed by atoms with van der Waals surface area (Å²) in [6, 6.07) is 18.1. The number of anilines is 1. The highest BCUT2D eigenvalue weighted by Crippen LogP contribution is 2.23. The lowest BCUT2D eigenvalue weighted by Gasteiger charge is -2.32. The molecule has 1 unspecified atom stereocenters. The molecule has 3 aromatic rings. The van der Waals surface area contributed by atoms with Gasteiger partial charge < -0.3 is 10.2 Å². The van der Waals surface area contributed by atoms with Crippen molar-refractivity contribution in [1.82, 2.24) is 15.5 Å². The topological polar surface area (TPSA) is 58.1 Å². The predicted molar refractivity (Wildman–Crippen MR) is 109 cm³/mol. The maximum absolute atomic E-state index is 12.5. The minimum atomic E-state index is -0.00527. The third kappa shape index (κ3) is 4.34. The van der Waals surface area contributed by atoms with Gasteiger partial charge in [-0.2, -0.15) is 0 Å². The van der Waals surface area contributed by atoms with Crippen LogP contribution in [0.2, 0.25) is 0 Å². The van der Waals surface area contributed by atoms with E-state index in [-0.39, 0.29) is 11.8 Å². The van der Waals surface area contributed by atoms with Gasteiger partial charge in [-0.3, -0.25) is 4.79 Å². The summed E-state index contributed by atoms with van der Waals surface area (Å²) in [6.07, 6.45) is 1.90. The van der Waals surface area contributed by atoms with Crippen LogP contribution < -0.4 is 10.2 Å². The van der Waals surface area contributed by atoms with E-state index in [0.29, 0.717) is 13.1 Å². The lowest BCUT2D eigenvalue weighted by atomic mass is 9.97. The number of carbonyl (C=O) groups is 1. The molecule has 1 aromatic carbocycles. The normalized spacial score (nSPS) is 16.9. The number of nitrogens with zero attached hydrogens (tertiary/aromatic N) is 3. The molecular formula is C21H22N4OS. The maximum Gasteiger partial charge on any atom is 0.225 e. The Labute approximate surface area is 163 Å². The van der Waals surface area contributed by atoms with E-state index < -0.39 is 0 Å². The Morgan fingerprint density at radius 2 is 2.00 bits per heavy atom. The summed E-state index contributed by atoms with van der Waals surface area (Å²) in [5, 5.41) is 13.9. The molecule has 1 amide bonds. The third-order valence-corrected chi connectivity index (χ3v) is 5.73. The van der Waals surface area contributed by atoms with Gasteiger partial charge in [0, 0.05) is 23.5 Å². The SMILES string of the molecule is O=C(NCc1cccs1)C1CCCN(c2ccc(-c3ccccc3)nn2)C1. The standard InChI is InChI=1S/C21H22N4OS/c26-21(22-14-18-9-5-13-27-18)17-8-4-12-25(15-17)20-11-10-19(23-24-20)16-6-2-1-3-7-16/h1-3,5-7,9-11,13,17H,4,8,12,14-15H2,(H,22,26). The Morgan fingerprint density at radius 1 is 1.11 bits per heavy atom. The molecule has 0 saturated carbocycles. The zero-order valence-electron chi connectivity index (χ0n) is 15.0. The summed E-state index contributed by atoms with van der Waals surface area (Å²) in [5.41, 5.74) is 1.92. The molecule has 1 aliphatic heterocycles. The van der Waals surface area contributed by atoms with Gasteiger partial charge in [0.1, 0.15) is 0 Å². The number of hydrogen-bond acceptors (Lipinski definition) is 5. The van der Waals surface area contributed by atoms with E-state index >= 15 is 0 Å². The van der Waals surface area contributed by atoms with Crippen molar-refractivity contribution in [3.63, 3.8) is 0 Å². The van der Waals surface area contributed by atoms with Crippen LogP contribution in [-0.4, -0.2) is 29.2 Å². The zero-order valence-corrected chi connectivity index (χ0v) is 15.9. The van der Waals surface area contributed by atoms with E-state index in [9.17, 15) is 4.79 Å². The molecule has 1 N–H and O–H groups in total. The van der Waals surface area contributed by atoms with E-state index in [2.05, 4.69) is 20.4 Å². The highest BCUT2D eigenvalue weighted by molar-refractivity contribution is 7.09. The summed E-state index contributed by atoms with van der Waals surface area (Å²) < 4.78 is 0. The fourth-order valence-corrected chi connectivity index (χ4v) is 4.03. The van der Waals surface area contributed by atoms with Crippen molar-refractivity contribution in [1.29, 1.82) is 0 Å². The van der Waals surface area contributed by atoms with Gasteiger partial charge in [0.05, 0.1) is 18.2 Å². The fourth-order valence-electron chi connectivity index (χ4n) is 3.39. The molecule has 138 valence electrons. The van der Waals surface area contributed by atoms with Crippen molar-refractivity contribution in [3.8, 4) is 11.3 Å². The average molecular weight is 379 g/mol. The molecule has 1 fully saturated rings. The number of aromatic nitrogens is 2. The first kappa shape index (κ1) is 17.7. The van der Waals surface area contributed by atoms with Gasteiger partial charge in [0.2, 0.25) is 5.91 Å². The van der Waals surface area contributed by atoms with Gasteiger partial charge in [-0.05, 0) is 36.4 Å². The van der Waals surface area contributed by atoms with Crippen molar-refractivity contribution >= 4 is 23.1 Å². The Hall–Kier alpha value is -2.73. The van der Waals surface area contributed by atoms with Crippen LogP contribution in [0.5, 0.6) is 0 Å². The van der Waals surface area contributed by atoms with Crippen LogP contribution >= 0.6 is 11.3 Å². The van der Waals surface area contributed by atoms with Crippen LogP contribution in [0.4, 0.5) is 5.82 Å². The van der Waals surface area contributed by atoms with Crippen LogP contribution in [0.15, 0.2) is 60.0 Å². The number of hydrogen-bond donors (Lipinski definition) is 1. The summed E-state index contributed by atoms with van der Waals surface area (Å²) >= 11 is 1.67. The first-order valence-corrected chi connectivity index (χ1v) is 10.1. The fraction of sp³-hybridized carbons (Fsp3) is 0.286. The monoisotopic (exact) mass is 378 g/mol. The number of amides is 1. The average Bonchev–Trinajstić information content (AvgIpc) is 3.27. The molecule has 5 nitrogen and oxygen atoms in total. The van der Waals surface area contributed by atoms with Gasteiger partial charge in [-0.15, -0.1) is 21.5 Å². The van der Waals surface area contributed by atoms with E-state index in [1.165, 1.54) is 4.88 Å². The molecule has 1 saturated heterocycles. The Kier molecular flexibility index (Phi) is 5.44. The highest BCUT2D eigenvalue weighted by atomic mass is 32.1. The van der Waals surface area contributed by atoms with Crippen molar-refractivity contribution in [3.05, 3.63) is 64.9 Å². The Balaban J connectivity index is 1.38. The van der Waals surface area contributed by atoms with Crippen LogP contribution in [0.25, 0.3) is 11.3 Å². The largest absolute Gasteiger partial charge is 0.354 e. The van der Waals surface area contributed by atoms with E-state index in [0.717, 1.165) is 36.5 Å². The second-order valence-corrected chi connectivity index (χ2v) is 7.76. The summed E-state index contributed by atoms with van der Waals surface area (Å²) in [4.78, 5) is 15.9. The Bertz CT molecular complexity index is 865. The Morgan fingerprint density at radius 3 is 2.74 bits per heavy atom. The molecule has 0 spiro atoms. The summed E-state index contributed by atoms with van der Waals surface area (Å²) in [7, 11) is 0. The number of thiophene rings is 1. The molecule has 0 aliphatic carbocycles. The van der Waals surface area contributed by atoms with Crippen molar-refractivity contribution in [2.75, 3.05) is 18.0 Å². The molecule has 27 heavy (non-hydrogen) atoms. The van der Waals surface area contributed by atoms with Crippen molar-refractivity contribution in [2.45, 2.75) is 19.4 Å². The third-order valence-electron chi connectivity index (χ3n) is 4.85. The van der Waals surface area contributed by atoms with Crippen LogP contribution in [0.3, 0.4) is 0 Å². The van der Waals surface area contributed by atoms with Gasteiger partial charge in [0.15, 0.2) is 5.82 Å². The number of piperidine rings is 1. The van der Waals surface area contributed by atoms with E-state index in [1.54, 1.807) is 11.3 Å². The molecule has 6 heteroatoms. The molecule has 3 heterocycles. The maximum atomic E-state index is 12.5. The number of nitrogens with one attached hydrogen (secondary N) is 1. The van der Waals surface area contributed by atoms with Crippen molar-refractivity contribution in [2.24, 2.45) is 5.92 Å². The van der Waals surface area contributed by atoms with Gasteiger partial charge >= 0.3 is 0 Å². The first-order valence-electron chi connectivity index (χ1n) is 9.24. The highest BCUT2D eigenvalue weighted by Gasteiger charge is 2.26. The molecular weight excluding hydrogens is 356 g/mol. The molecule has 1 aliphatic rings. The predicted octanol–water partition coefficient (Wildman–Crippen LogP) is 3.74. The lowest BCUT2D eigenvalue weighted by molar-refractivity contribution is -0.125. The second-order valence-electron chi connectivity index (χ2n) is 6.73. The van der Waals surface area contributed by atoms with Crippen LogP contribution in [0, 0.1) is 5.92 Å². The molecule has 1 atom stereocenters. The molecule has 0 bridgehead atoms. The van der Waals surface area contributed by atoms with E-state index in [1.807, 2.05) is 60.0 Å².